The molecule has 156 valence electrons. The van der Waals surface area contributed by atoms with Gasteiger partial charge < -0.3 is 9.88 Å². The van der Waals surface area contributed by atoms with E-state index in [4.69, 9.17) is 0 Å². The molecule has 2 aromatic heterocycles. The molecule has 0 unspecified atom stereocenters. The molecule has 9 heteroatoms. The maximum atomic E-state index is 12.5. The molecule has 1 aliphatic rings. The molecule has 0 saturated heterocycles. The van der Waals surface area contributed by atoms with Crippen LogP contribution in [0.2, 0.25) is 0 Å². The molecule has 0 aliphatic heterocycles. The second-order valence-electron chi connectivity index (χ2n) is 8.17. The molecule has 0 spiro atoms. The molecule has 1 amide bonds. The summed E-state index contributed by atoms with van der Waals surface area (Å²) in [4.78, 5) is 30.0. The minimum absolute atomic E-state index is 0.0873. The van der Waals surface area contributed by atoms with E-state index in [2.05, 4.69) is 34.3 Å². The number of amides is 1. The fourth-order valence-corrected chi connectivity index (χ4v) is 5.19. The summed E-state index contributed by atoms with van der Waals surface area (Å²) in [5, 5.41) is 12.4. The number of nitrogens with one attached hydrogen (secondary N) is 1. The number of fused-ring (bicyclic) bond motifs is 1. The highest BCUT2D eigenvalue weighted by Gasteiger charge is 2.34. The summed E-state index contributed by atoms with van der Waals surface area (Å²) in [5.74, 6) is 0.926. The van der Waals surface area contributed by atoms with Crippen molar-refractivity contribution in [3.8, 4) is 0 Å². The van der Waals surface area contributed by atoms with E-state index >= 15 is 0 Å². The first-order valence-corrected chi connectivity index (χ1v) is 11.5. The Kier molecular flexibility index (Phi) is 5.75. The summed E-state index contributed by atoms with van der Waals surface area (Å²) in [6.45, 7) is 6.69. The van der Waals surface area contributed by atoms with Gasteiger partial charge in [-0.05, 0) is 24.3 Å². The fourth-order valence-electron chi connectivity index (χ4n) is 3.48. The molecule has 2 heterocycles. The van der Waals surface area contributed by atoms with Gasteiger partial charge in [-0.3, -0.25) is 9.59 Å². The standard InChI is InChI=1S/C21H23N5O2S2/c1-13-24-25-20(26(13)11-14-7-5-4-6-8-14)29-12-17(28)23-19-22-15-9-21(2,3)10-16(27)18(15)30-19/h4-8H,9-12H2,1-3H3,(H,22,23,28). The van der Waals surface area contributed by atoms with Crippen LogP contribution in [0, 0.1) is 12.3 Å². The van der Waals surface area contributed by atoms with Crippen molar-refractivity contribution < 1.29 is 9.59 Å². The van der Waals surface area contributed by atoms with Crippen molar-refractivity contribution in [2.45, 2.75) is 45.3 Å². The molecular formula is C21H23N5O2S2. The number of carbonyl (C=O) groups excluding carboxylic acids is 2. The summed E-state index contributed by atoms with van der Waals surface area (Å²) in [6, 6.07) is 10.1. The number of ketones is 1. The summed E-state index contributed by atoms with van der Waals surface area (Å²) in [7, 11) is 0. The van der Waals surface area contributed by atoms with Crippen molar-refractivity contribution in [2.24, 2.45) is 5.41 Å². The van der Waals surface area contributed by atoms with Gasteiger partial charge in [-0.15, -0.1) is 10.2 Å². The van der Waals surface area contributed by atoms with Crippen LogP contribution < -0.4 is 5.32 Å². The van der Waals surface area contributed by atoms with Crippen LogP contribution in [0.4, 0.5) is 5.13 Å². The number of Topliss-reactive ketones (excluding diaryl/α,β-unsaturated/α-hetero) is 1. The van der Waals surface area contributed by atoms with Crippen molar-refractivity contribution in [3.05, 3.63) is 52.3 Å². The van der Waals surface area contributed by atoms with Crippen LogP contribution in [0.25, 0.3) is 0 Å². The van der Waals surface area contributed by atoms with Crippen LogP contribution in [-0.4, -0.2) is 37.2 Å². The predicted molar refractivity (Wildman–Crippen MR) is 118 cm³/mol. The normalized spacial score (nSPS) is 15.1. The zero-order chi connectivity index (χ0) is 21.3. The molecule has 0 bridgehead atoms. The summed E-state index contributed by atoms with van der Waals surface area (Å²) < 4.78 is 2.00. The molecule has 1 aromatic carbocycles. The van der Waals surface area contributed by atoms with Crippen molar-refractivity contribution >= 4 is 39.9 Å². The van der Waals surface area contributed by atoms with Gasteiger partial charge in [-0.1, -0.05) is 67.3 Å². The number of anilines is 1. The van der Waals surface area contributed by atoms with E-state index in [1.807, 2.05) is 41.8 Å². The first-order valence-electron chi connectivity index (χ1n) is 9.70. The lowest BCUT2D eigenvalue weighted by molar-refractivity contribution is -0.113. The maximum absolute atomic E-state index is 12.5. The second kappa shape index (κ2) is 8.31. The highest BCUT2D eigenvalue weighted by Crippen LogP contribution is 2.38. The second-order valence-corrected chi connectivity index (χ2v) is 10.1. The quantitative estimate of drug-likeness (QED) is 0.582. The molecule has 1 aliphatic carbocycles. The molecule has 3 aromatic rings. The van der Waals surface area contributed by atoms with Crippen LogP contribution in [0.3, 0.4) is 0 Å². The third kappa shape index (κ3) is 4.62. The average molecular weight is 442 g/mol. The number of hydrogen-bond acceptors (Lipinski definition) is 7. The summed E-state index contributed by atoms with van der Waals surface area (Å²) in [6.07, 6.45) is 1.26. The fraction of sp³-hybridized carbons (Fsp3) is 0.381. The first kappa shape index (κ1) is 20.7. The topological polar surface area (TPSA) is 89.8 Å². The molecule has 0 saturated carbocycles. The van der Waals surface area contributed by atoms with E-state index in [-0.39, 0.29) is 22.9 Å². The van der Waals surface area contributed by atoms with E-state index in [9.17, 15) is 9.59 Å². The zero-order valence-corrected chi connectivity index (χ0v) is 18.8. The van der Waals surface area contributed by atoms with Gasteiger partial charge >= 0.3 is 0 Å². The Bertz CT molecular complexity index is 1090. The number of thioether (sulfide) groups is 1. The van der Waals surface area contributed by atoms with E-state index in [1.165, 1.54) is 23.1 Å². The maximum Gasteiger partial charge on any atom is 0.236 e. The summed E-state index contributed by atoms with van der Waals surface area (Å²) in [5.41, 5.74) is 1.85. The number of aromatic nitrogens is 4. The van der Waals surface area contributed by atoms with Crippen molar-refractivity contribution in [3.63, 3.8) is 0 Å². The lowest BCUT2D eigenvalue weighted by Gasteiger charge is -2.26. The summed E-state index contributed by atoms with van der Waals surface area (Å²) >= 11 is 2.61. The SMILES string of the molecule is Cc1nnc(SCC(=O)Nc2nc3c(s2)C(=O)CC(C)(C)C3)n1Cc1ccccc1. The molecule has 0 radical (unpaired) electrons. The van der Waals surface area contributed by atoms with Gasteiger partial charge in [0.15, 0.2) is 16.1 Å². The predicted octanol–water partition coefficient (Wildman–Crippen LogP) is 3.98. The van der Waals surface area contributed by atoms with Gasteiger partial charge in [0.25, 0.3) is 0 Å². The third-order valence-corrected chi connectivity index (χ3v) is 6.92. The Labute approximate surface area is 183 Å². The highest BCUT2D eigenvalue weighted by molar-refractivity contribution is 7.99. The van der Waals surface area contributed by atoms with Crippen LogP contribution in [-0.2, 0) is 17.8 Å². The first-order chi connectivity index (χ1) is 14.3. The van der Waals surface area contributed by atoms with Crippen LogP contribution >= 0.6 is 23.1 Å². The Morgan fingerprint density at radius 1 is 1.23 bits per heavy atom. The number of thiazole rings is 1. The van der Waals surface area contributed by atoms with Gasteiger partial charge in [0.2, 0.25) is 5.91 Å². The molecule has 4 rings (SSSR count). The Balaban J connectivity index is 1.39. The molecule has 7 nitrogen and oxygen atoms in total. The Morgan fingerprint density at radius 2 is 2.00 bits per heavy atom. The van der Waals surface area contributed by atoms with Crippen LogP contribution in [0.15, 0.2) is 35.5 Å². The number of benzene rings is 1. The van der Waals surface area contributed by atoms with E-state index in [0.29, 0.717) is 28.1 Å². The van der Waals surface area contributed by atoms with E-state index in [1.54, 1.807) is 0 Å². The lowest BCUT2D eigenvalue weighted by Crippen LogP contribution is -2.26. The van der Waals surface area contributed by atoms with Crippen LogP contribution in [0.1, 0.15) is 47.0 Å². The van der Waals surface area contributed by atoms with Gasteiger partial charge in [0, 0.05) is 6.42 Å². The molecule has 0 fully saturated rings. The van der Waals surface area contributed by atoms with E-state index in [0.717, 1.165) is 23.5 Å². The van der Waals surface area contributed by atoms with Crippen molar-refractivity contribution in [1.29, 1.82) is 0 Å². The largest absolute Gasteiger partial charge is 0.302 e. The number of nitrogens with zero attached hydrogens (tertiary/aromatic N) is 4. The average Bonchev–Trinajstić information content (AvgIpc) is 3.23. The minimum atomic E-state index is -0.176. The number of carbonyl (C=O) groups is 2. The Hall–Kier alpha value is -2.52. The monoisotopic (exact) mass is 441 g/mol. The zero-order valence-electron chi connectivity index (χ0n) is 17.1. The van der Waals surface area contributed by atoms with Gasteiger partial charge in [0.1, 0.15) is 5.82 Å². The van der Waals surface area contributed by atoms with Crippen LogP contribution in [0.5, 0.6) is 0 Å². The van der Waals surface area contributed by atoms with E-state index < -0.39 is 0 Å². The highest BCUT2D eigenvalue weighted by atomic mass is 32.2. The molecular weight excluding hydrogens is 418 g/mol. The minimum Gasteiger partial charge on any atom is -0.302 e. The number of hydrogen-bond donors (Lipinski definition) is 1. The smallest absolute Gasteiger partial charge is 0.236 e. The molecule has 0 atom stereocenters. The molecule has 30 heavy (non-hydrogen) atoms. The van der Waals surface area contributed by atoms with Crippen molar-refractivity contribution in [2.75, 3.05) is 11.1 Å². The number of aryl methyl sites for hydroxylation is 1. The van der Waals surface area contributed by atoms with Crippen molar-refractivity contribution in [1.82, 2.24) is 19.7 Å². The van der Waals surface area contributed by atoms with Gasteiger partial charge in [-0.2, -0.15) is 0 Å². The number of rotatable bonds is 6. The Morgan fingerprint density at radius 3 is 2.77 bits per heavy atom. The van der Waals surface area contributed by atoms with Gasteiger partial charge in [0.05, 0.1) is 22.9 Å². The lowest BCUT2D eigenvalue weighted by atomic mass is 9.78. The van der Waals surface area contributed by atoms with Gasteiger partial charge in [-0.25, -0.2) is 4.98 Å². The molecule has 1 N–H and O–H groups in total. The third-order valence-electron chi connectivity index (χ3n) is 4.90.